The summed E-state index contributed by atoms with van der Waals surface area (Å²) in [5.74, 6) is 0.998. The summed E-state index contributed by atoms with van der Waals surface area (Å²) in [6, 6.07) is 10.4. The summed E-state index contributed by atoms with van der Waals surface area (Å²) in [7, 11) is 0. The van der Waals surface area contributed by atoms with Gasteiger partial charge >= 0.3 is 0 Å². The molecular weight excluding hydrogens is 286 g/mol. The molecule has 0 saturated carbocycles. The zero-order chi connectivity index (χ0) is 16.1. The molecule has 2 aromatic heterocycles. The molecule has 3 rings (SSSR count). The van der Waals surface area contributed by atoms with Crippen LogP contribution in [0.1, 0.15) is 23.5 Å². The molecule has 0 N–H and O–H groups in total. The van der Waals surface area contributed by atoms with Crippen molar-refractivity contribution in [2.75, 3.05) is 37.6 Å². The van der Waals surface area contributed by atoms with E-state index in [9.17, 15) is 0 Å². The van der Waals surface area contributed by atoms with Crippen LogP contribution in [0.4, 0.5) is 5.82 Å². The van der Waals surface area contributed by atoms with Gasteiger partial charge in [0.2, 0.25) is 0 Å². The first-order valence-electron chi connectivity index (χ1n) is 8.41. The van der Waals surface area contributed by atoms with Crippen LogP contribution in [-0.4, -0.2) is 52.8 Å². The van der Waals surface area contributed by atoms with Crippen LogP contribution in [0, 0.1) is 13.8 Å². The highest BCUT2D eigenvalue weighted by molar-refractivity contribution is 5.37. The Labute approximate surface area is 138 Å². The van der Waals surface area contributed by atoms with Gasteiger partial charge in [0.1, 0.15) is 0 Å². The molecule has 2 aromatic rings. The predicted molar refractivity (Wildman–Crippen MR) is 92.7 cm³/mol. The second-order valence-electron chi connectivity index (χ2n) is 6.24. The van der Waals surface area contributed by atoms with Gasteiger partial charge in [-0.3, -0.25) is 4.98 Å². The maximum Gasteiger partial charge on any atom is 0.151 e. The van der Waals surface area contributed by atoms with Crippen molar-refractivity contribution in [2.45, 2.75) is 26.7 Å². The van der Waals surface area contributed by atoms with Gasteiger partial charge in [0.15, 0.2) is 5.82 Å². The second-order valence-corrected chi connectivity index (χ2v) is 6.24. The Hall–Kier alpha value is -2.01. The molecule has 1 fully saturated rings. The lowest BCUT2D eigenvalue weighted by Crippen LogP contribution is -2.32. The highest BCUT2D eigenvalue weighted by Crippen LogP contribution is 2.13. The van der Waals surface area contributed by atoms with Crippen LogP contribution in [-0.2, 0) is 6.42 Å². The molecule has 3 heterocycles. The van der Waals surface area contributed by atoms with Crippen molar-refractivity contribution >= 4 is 5.82 Å². The standard InChI is InChI=1S/C18H25N5/c1-15-5-3-6-17(19-15)9-12-22-10-4-11-23(14-13-22)18-8-7-16(2)20-21-18/h3,5-8H,4,9-14H2,1-2H3. The van der Waals surface area contributed by atoms with E-state index in [0.717, 1.165) is 62.8 Å². The highest BCUT2D eigenvalue weighted by Gasteiger charge is 2.16. The number of nitrogens with zero attached hydrogens (tertiary/aromatic N) is 5. The van der Waals surface area contributed by atoms with Crippen LogP contribution in [0.5, 0.6) is 0 Å². The molecule has 1 saturated heterocycles. The molecule has 0 aromatic carbocycles. The highest BCUT2D eigenvalue weighted by atomic mass is 15.3. The minimum atomic E-state index is 0.968. The fourth-order valence-electron chi connectivity index (χ4n) is 3.00. The van der Waals surface area contributed by atoms with Crippen LogP contribution in [0.15, 0.2) is 30.3 Å². The average Bonchev–Trinajstić information content (AvgIpc) is 2.79. The van der Waals surface area contributed by atoms with Crippen LogP contribution in [0.3, 0.4) is 0 Å². The molecule has 5 heteroatoms. The monoisotopic (exact) mass is 311 g/mol. The zero-order valence-corrected chi connectivity index (χ0v) is 14.1. The summed E-state index contributed by atoms with van der Waals surface area (Å²) in [5.41, 5.74) is 3.26. The summed E-state index contributed by atoms with van der Waals surface area (Å²) >= 11 is 0. The van der Waals surface area contributed by atoms with Crippen molar-refractivity contribution < 1.29 is 0 Å². The van der Waals surface area contributed by atoms with Gasteiger partial charge in [0.25, 0.3) is 0 Å². The molecule has 1 aliphatic heterocycles. The van der Waals surface area contributed by atoms with Crippen LogP contribution < -0.4 is 4.90 Å². The topological polar surface area (TPSA) is 45.2 Å². The predicted octanol–water partition coefficient (Wildman–Crippen LogP) is 2.24. The number of pyridine rings is 1. The molecule has 0 atom stereocenters. The summed E-state index contributed by atoms with van der Waals surface area (Å²) in [6.07, 6.45) is 2.18. The Morgan fingerprint density at radius 2 is 1.83 bits per heavy atom. The lowest BCUT2D eigenvalue weighted by molar-refractivity contribution is 0.296. The molecule has 0 unspecified atom stereocenters. The van der Waals surface area contributed by atoms with Gasteiger partial charge in [0, 0.05) is 44.0 Å². The Morgan fingerprint density at radius 3 is 2.61 bits per heavy atom. The minimum Gasteiger partial charge on any atom is -0.354 e. The van der Waals surface area contributed by atoms with E-state index < -0.39 is 0 Å². The molecule has 122 valence electrons. The van der Waals surface area contributed by atoms with Crippen molar-refractivity contribution in [3.05, 3.63) is 47.4 Å². The molecule has 5 nitrogen and oxygen atoms in total. The lowest BCUT2D eigenvalue weighted by atomic mass is 10.2. The van der Waals surface area contributed by atoms with Crippen molar-refractivity contribution in [3.8, 4) is 0 Å². The quantitative estimate of drug-likeness (QED) is 0.866. The number of hydrogen-bond acceptors (Lipinski definition) is 5. The number of anilines is 1. The molecule has 0 bridgehead atoms. The second kappa shape index (κ2) is 7.51. The third-order valence-electron chi connectivity index (χ3n) is 4.33. The number of aromatic nitrogens is 3. The van der Waals surface area contributed by atoms with Crippen LogP contribution >= 0.6 is 0 Å². The smallest absolute Gasteiger partial charge is 0.151 e. The third-order valence-corrected chi connectivity index (χ3v) is 4.33. The molecule has 23 heavy (non-hydrogen) atoms. The molecular formula is C18H25N5. The third kappa shape index (κ3) is 4.48. The van der Waals surface area contributed by atoms with Crippen LogP contribution in [0.2, 0.25) is 0 Å². The first-order valence-corrected chi connectivity index (χ1v) is 8.41. The summed E-state index contributed by atoms with van der Waals surface area (Å²) in [4.78, 5) is 9.47. The number of rotatable bonds is 4. The van der Waals surface area contributed by atoms with E-state index in [1.54, 1.807) is 0 Å². The summed E-state index contributed by atoms with van der Waals surface area (Å²) in [5, 5.41) is 8.49. The molecule has 1 aliphatic rings. The van der Waals surface area contributed by atoms with Gasteiger partial charge in [-0.1, -0.05) is 6.07 Å². The van der Waals surface area contributed by atoms with Crippen molar-refractivity contribution in [1.29, 1.82) is 0 Å². The zero-order valence-electron chi connectivity index (χ0n) is 14.1. The molecule has 0 aliphatic carbocycles. The number of aryl methyl sites for hydroxylation is 2. The van der Waals surface area contributed by atoms with Gasteiger partial charge in [0.05, 0.1) is 5.69 Å². The van der Waals surface area contributed by atoms with Gasteiger partial charge in [-0.25, -0.2) is 0 Å². The van der Waals surface area contributed by atoms with Gasteiger partial charge in [-0.15, -0.1) is 5.10 Å². The fourth-order valence-corrected chi connectivity index (χ4v) is 3.00. The first kappa shape index (κ1) is 15.9. The van der Waals surface area contributed by atoms with E-state index in [2.05, 4.69) is 56.2 Å². The van der Waals surface area contributed by atoms with Gasteiger partial charge in [-0.2, -0.15) is 5.10 Å². The van der Waals surface area contributed by atoms with Crippen molar-refractivity contribution in [2.24, 2.45) is 0 Å². The summed E-state index contributed by atoms with van der Waals surface area (Å²) in [6.45, 7) is 9.37. The van der Waals surface area contributed by atoms with E-state index in [1.165, 1.54) is 5.69 Å². The van der Waals surface area contributed by atoms with E-state index in [4.69, 9.17) is 0 Å². The largest absolute Gasteiger partial charge is 0.354 e. The van der Waals surface area contributed by atoms with E-state index in [-0.39, 0.29) is 0 Å². The minimum absolute atomic E-state index is 0.968. The lowest BCUT2D eigenvalue weighted by Gasteiger charge is -2.22. The summed E-state index contributed by atoms with van der Waals surface area (Å²) < 4.78 is 0. The Morgan fingerprint density at radius 1 is 0.913 bits per heavy atom. The van der Waals surface area contributed by atoms with E-state index >= 15 is 0 Å². The van der Waals surface area contributed by atoms with Gasteiger partial charge < -0.3 is 9.80 Å². The first-order chi connectivity index (χ1) is 11.2. The fraction of sp³-hybridized carbons (Fsp3) is 0.500. The normalized spacial score (nSPS) is 16.3. The maximum absolute atomic E-state index is 4.60. The SMILES string of the molecule is Cc1ccc(N2CCCN(CCc3cccc(C)n3)CC2)nn1. The van der Waals surface area contributed by atoms with E-state index in [0.29, 0.717) is 0 Å². The molecule has 0 spiro atoms. The molecule has 0 amide bonds. The van der Waals surface area contributed by atoms with Crippen LogP contribution in [0.25, 0.3) is 0 Å². The molecule has 0 radical (unpaired) electrons. The number of hydrogen-bond donors (Lipinski definition) is 0. The van der Waals surface area contributed by atoms with Crippen molar-refractivity contribution in [3.63, 3.8) is 0 Å². The Balaban J connectivity index is 1.53. The van der Waals surface area contributed by atoms with E-state index in [1.807, 2.05) is 13.0 Å². The van der Waals surface area contributed by atoms with Gasteiger partial charge in [-0.05, 0) is 51.1 Å². The Kier molecular flexibility index (Phi) is 5.18. The van der Waals surface area contributed by atoms with Crippen molar-refractivity contribution in [1.82, 2.24) is 20.1 Å². The Bertz CT molecular complexity index is 626. The maximum atomic E-state index is 4.60. The average molecular weight is 311 g/mol.